The maximum Gasteiger partial charge on any atom is 0.178 e. The van der Waals surface area contributed by atoms with Gasteiger partial charge < -0.3 is 4.90 Å². The molecule has 0 bridgehead atoms. The fraction of sp³-hybridized carbons (Fsp3) is 0.381. The van der Waals surface area contributed by atoms with Crippen LogP contribution in [0.25, 0.3) is 0 Å². The van der Waals surface area contributed by atoms with Crippen LogP contribution in [-0.2, 0) is 4.79 Å². The fourth-order valence-corrected chi connectivity index (χ4v) is 2.69. The van der Waals surface area contributed by atoms with Crippen LogP contribution >= 0.6 is 0 Å². The van der Waals surface area contributed by atoms with Crippen LogP contribution < -0.4 is 0 Å². The third kappa shape index (κ3) is 5.90. The Labute approximate surface area is 140 Å². The minimum atomic E-state index is 0.0523. The first kappa shape index (κ1) is 17.3. The second-order valence-electron chi connectivity index (χ2n) is 6.15. The molecule has 1 atom stereocenters. The zero-order valence-corrected chi connectivity index (χ0v) is 14.2. The zero-order chi connectivity index (χ0) is 16.5. The molecule has 0 aromatic carbocycles. The van der Waals surface area contributed by atoms with E-state index in [0.29, 0.717) is 0 Å². The topological polar surface area (TPSA) is 20.3 Å². The van der Waals surface area contributed by atoms with Gasteiger partial charge in [-0.15, -0.1) is 0 Å². The van der Waals surface area contributed by atoms with Crippen molar-refractivity contribution in [1.82, 2.24) is 4.90 Å². The van der Waals surface area contributed by atoms with E-state index in [-0.39, 0.29) is 5.78 Å². The first-order valence-corrected chi connectivity index (χ1v) is 8.65. The van der Waals surface area contributed by atoms with Crippen LogP contribution in [0.15, 0.2) is 72.2 Å². The molecule has 0 aromatic rings. The highest BCUT2D eigenvalue weighted by molar-refractivity contribution is 6.01. The van der Waals surface area contributed by atoms with E-state index >= 15 is 0 Å². The third-order valence-corrected chi connectivity index (χ3v) is 4.28. The molecule has 1 heterocycles. The number of carbonyl (C=O) groups is 1. The minimum Gasteiger partial charge on any atom is -0.354 e. The van der Waals surface area contributed by atoms with Gasteiger partial charge in [0.05, 0.1) is 0 Å². The van der Waals surface area contributed by atoms with E-state index in [9.17, 15) is 4.79 Å². The summed E-state index contributed by atoms with van der Waals surface area (Å²) in [5.74, 6) is 0.823. The number of unbranched alkanes of at least 4 members (excludes halogenated alkanes) is 1. The summed E-state index contributed by atoms with van der Waals surface area (Å²) in [6.45, 7) is 5.64. The maximum atomic E-state index is 11.1. The number of allylic oxidation sites excluding steroid dienone is 10. The Morgan fingerprint density at radius 1 is 0.957 bits per heavy atom. The SMILES string of the molecule is CCCCC(CC)CN1C=CC(=CC=C2C=CC(=O)C=C2)C=C1. The van der Waals surface area contributed by atoms with Crippen molar-refractivity contribution in [2.24, 2.45) is 5.92 Å². The number of rotatable bonds is 7. The molecule has 2 heteroatoms. The van der Waals surface area contributed by atoms with Crippen molar-refractivity contribution in [3.8, 4) is 0 Å². The summed E-state index contributed by atoms with van der Waals surface area (Å²) in [5.41, 5.74) is 2.22. The molecule has 0 aromatic heterocycles. The molecule has 0 radical (unpaired) electrons. The summed E-state index contributed by atoms with van der Waals surface area (Å²) in [7, 11) is 0. The van der Waals surface area contributed by atoms with Gasteiger partial charge in [-0.05, 0) is 47.8 Å². The molecule has 1 unspecified atom stereocenters. The summed E-state index contributed by atoms with van der Waals surface area (Å²) in [5, 5.41) is 0. The van der Waals surface area contributed by atoms with Crippen molar-refractivity contribution >= 4 is 5.78 Å². The van der Waals surface area contributed by atoms with Crippen molar-refractivity contribution in [2.45, 2.75) is 39.5 Å². The third-order valence-electron chi connectivity index (χ3n) is 4.28. The van der Waals surface area contributed by atoms with Crippen LogP contribution in [0, 0.1) is 5.92 Å². The van der Waals surface area contributed by atoms with Gasteiger partial charge in [-0.2, -0.15) is 0 Å². The van der Waals surface area contributed by atoms with Crippen molar-refractivity contribution in [2.75, 3.05) is 6.54 Å². The molecular formula is C21H27NO. The second-order valence-corrected chi connectivity index (χ2v) is 6.15. The second kappa shape index (κ2) is 9.14. The van der Waals surface area contributed by atoms with E-state index in [1.807, 2.05) is 18.2 Å². The minimum absolute atomic E-state index is 0.0523. The van der Waals surface area contributed by atoms with Gasteiger partial charge in [-0.3, -0.25) is 4.79 Å². The van der Waals surface area contributed by atoms with E-state index in [1.165, 1.54) is 31.3 Å². The number of nitrogens with zero attached hydrogens (tertiary/aromatic N) is 1. The van der Waals surface area contributed by atoms with Crippen LogP contribution in [0.2, 0.25) is 0 Å². The predicted molar refractivity (Wildman–Crippen MR) is 97.7 cm³/mol. The highest BCUT2D eigenvalue weighted by atomic mass is 16.1. The Hall–Kier alpha value is -2.09. The van der Waals surface area contributed by atoms with E-state index in [2.05, 4.69) is 49.4 Å². The maximum absolute atomic E-state index is 11.1. The first-order valence-electron chi connectivity index (χ1n) is 8.65. The Morgan fingerprint density at radius 2 is 1.57 bits per heavy atom. The van der Waals surface area contributed by atoms with Crippen molar-refractivity contribution in [1.29, 1.82) is 0 Å². The number of ketones is 1. The smallest absolute Gasteiger partial charge is 0.178 e. The lowest BCUT2D eigenvalue weighted by atomic mass is 9.98. The molecule has 23 heavy (non-hydrogen) atoms. The standard InChI is InChI=1S/C21H27NO/c1-3-5-6-18(4-2)17-22-15-13-20(14-16-22)8-7-19-9-11-21(23)12-10-19/h7-16,18H,3-6,17H2,1-2H3. The summed E-state index contributed by atoms with van der Waals surface area (Å²) >= 11 is 0. The average molecular weight is 309 g/mol. The summed E-state index contributed by atoms with van der Waals surface area (Å²) in [6, 6.07) is 0. The Morgan fingerprint density at radius 3 is 2.13 bits per heavy atom. The van der Waals surface area contributed by atoms with Gasteiger partial charge in [0, 0.05) is 18.9 Å². The summed E-state index contributed by atoms with van der Waals surface area (Å²) in [6.07, 6.45) is 24.8. The molecule has 0 amide bonds. The molecular weight excluding hydrogens is 282 g/mol. The van der Waals surface area contributed by atoms with Crippen LogP contribution in [0.3, 0.4) is 0 Å². The normalized spacial score (nSPS) is 17.8. The van der Waals surface area contributed by atoms with E-state index in [1.54, 1.807) is 12.2 Å². The lowest BCUT2D eigenvalue weighted by molar-refractivity contribution is -0.110. The van der Waals surface area contributed by atoms with Crippen LogP contribution in [0.4, 0.5) is 0 Å². The zero-order valence-electron chi connectivity index (χ0n) is 14.2. The molecule has 0 spiro atoms. The van der Waals surface area contributed by atoms with Gasteiger partial charge in [0.1, 0.15) is 0 Å². The molecule has 0 N–H and O–H groups in total. The lowest BCUT2D eigenvalue weighted by Crippen LogP contribution is -2.21. The Balaban J connectivity index is 1.88. The van der Waals surface area contributed by atoms with Crippen molar-refractivity contribution in [3.63, 3.8) is 0 Å². The Kier molecular flexibility index (Phi) is 6.86. The van der Waals surface area contributed by atoms with Gasteiger partial charge in [0.2, 0.25) is 0 Å². The molecule has 0 saturated heterocycles. The quantitative estimate of drug-likeness (QED) is 0.652. The highest BCUT2D eigenvalue weighted by Gasteiger charge is 2.09. The molecule has 0 saturated carbocycles. The molecule has 2 nitrogen and oxygen atoms in total. The predicted octanol–water partition coefficient (Wildman–Crippen LogP) is 5.09. The van der Waals surface area contributed by atoms with Crippen LogP contribution in [0.1, 0.15) is 39.5 Å². The molecule has 2 aliphatic rings. The van der Waals surface area contributed by atoms with Crippen molar-refractivity contribution < 1.29 is 4.79 Å². The average Bonchev–Trinajstić information content (AvgIpc) is 2.59. The van der Waals surface area contributed by atoms with Gasteiger partial charge in [-0.25, -0.2) is 0 Å². The van der Waals surface area contributed by atoms with E-state index < -0.39 is 0 Å². The monoisotopic (exact) mass is 309 g/mol. The molecule has 1 aliphatic carbocycles. The highest BCUT2D eigenvalue weighted by Crippen LogP contribution is 2.18. The number of hydrogen-bond donors (Lipinski definition) is 0. The molecule has 1 aliphatic heterocycles. The van der Waals surface area contributed by atoms with Crippen LogP contribution in [-0.4, -0.2) is 17.2 Å². The summed E-state index contributed by atoms with van der Waals surface area (Å²) < 4.78 is 0. The Bertz CT molecular complexity index is 553. The molecule has 0 fully saturated rings. The number of carbonyl (C=O) groups excluding carboxylic acids is 1. The number of hydrogen-bond acceptors (Lipinski definition) is 2. The van der Waals surface area contributed by atoms with Crippen LogP contribution in [0.5, 0.6) is 0 Å². The van der Waals surface area contributed by atoms with E-state index in [4.69, 9.17) is 0 Å². The van der Waals surface area contributed by atoms with Gasteiger partial charge in [0.15, 0.2) is 5.78 Å². The summed E-state index contributed by atoms with van der Waals surface area (Å²) in [4.78, 5) is 13.4. The molecule has 122 valence electrons. The van der Waals surface area contributed by atoms with E-state index in [0.717, 1.165) is 18.0 Å². The van der Waals surface area contributed by atoms with Gasteiger partial charge in [0.25, 0.3) is 0 Å². The first-order chi connectivity index (χ1) is 11.2. The van der Waals surface area contributed by atoms with Gasteiger partial charge >= 0.3 is 0 Å². The lowest BCUT2D eigenvalue weighted by Gasteiger charge is -2.24. The fourth-order valence-electron chi connectivity index (χ4n) is 2.69. The van der Waals surface area contributed by atoms with Crippen molar-refractivity contribution in [3.05, 3.63) is 72.2 Å². The molecule has 2 rings (SSSR count). The van der Waals surface area contributed by atoms with Gasteiger partial charge in [-0.1, -0.05) is 57.4 Å². The largest absolute Gasteiger partial charge is 0.354 e.